The summed E-state index contributed by atoms with van der Waals surface area (Å²) in [6.07, 6.45) is 3.20. The summed E-state index contributed by atoms with van der Waals surface area (Å²) in [5.41, 5.74) is 2.68. The van der Waals surface area contributed by atoms with Crippen LogP contribution in [0.5, 0.6) is 0 Å². The van der Waals surface area contributed by atoms with Gasteiger partial charge in [0.1, 0.15) is 0 Å². The Balaban J connectivity index is 2.09. The van der Waals surface area contributed by atoms with Crippen LogP contribution in [0.2, 0.25) is 0 Å². The minimum absolute atomic E-state index is 0.0886. The number of nitrogens with zero attached hydrogens (tertiary/aromatic N) is 2. The van der Waals surface area contributed by atoms with E-state index in [9.17, 15) is 0 Å². The third-order valence-corrected chi connectivity index (χ3v) is 3.54. The van der Waals surface area contributed by atoms with Gasteiger partial charge in [-0.1, -0.05) is 20.8 Å². The molecule has 0 saturated carbocycles. The van der Waals surface area contributed by atoms with Crippen LogP contribution in [-0.2, 0) is 23.7 Å². The molecule has 18 heavy (non-hydrogen) atoms. The Kier molecular flexibility index (Phi) is 3.52. The van der Waals surface area contributed by atoms with Gasteiger partial charge in [-0.25, -0.2) is 0 Å². The smallest absolute Gasteiger partial charge is 0.0722 e. The lowest BCUT2D eigenvalue weighted by atomic mass is 9.89. The van der Waals surface area contributed by atoms with E-state index in [4.69, 9.17) is 4.74 Å². The second-order valence-electron chi connectivity index (χ2n) is 6.64. The number of nitrogens with one attached hydrogen (secondary N) is 1. The number of rotatable bonds is 3. The Bertz CT molecular complexity index is 411. The van der Waals surface area contributed by atoms with Crippen LogP contribution in [-0.4, -0.2) is 28.5 Å². The van der Waals surface area contributed by atoms with E-state index in [1.807, 2.05) is 11.7 Å². The number of aryl methyl sites for hydroxylation is 1. The van der Waals surface area contributed by atoms with Crippen molar-refractivity contribution in [2.75, 3.05) is 13.2 Å². The molecule has 4 nitrogen and oxygen atoms in total. The monoisotopic (exact) mass is 251 g/mol. The van der Waals surface area contributed by atoms with Crippen LogP contribution in [0.3, 0.4) is 0 Å². The maximum absolute atomic E-state index is 5.47. The molecule has 0 spiro atoms. The first kappa shape index (κ1) is 13.6. The minimum Gasteiger partial charge on any atom is -0.379 e. The standard InChI is InChI=1S/C14H25N3O/c1-13(2,3)12-11(9-17(5)16-12)8-15-14(4)6-7-18-10-14/h9,15H,6-8,10H2,1-5H3. The normalized spacial score (nSPS) is 24.7. The molecule has 1 N–H and O–H groups in total. The SMILES string of the molecule is Cn1cc(CNC2(C)CCOC2)c(C(C)(C)C)n1. The van der Waals surface area contributed by atoms with E-state index < -0.39 is 0 Å². The van der Waals surface area contributed by atoms with E-state index in [-0.39, 0.29) is 11.0 Å². The van der Waals surface area contributed by atoms with Crippen LogP contribution in [0.25, 0.3) is 0 Å². The van der Waals surface area contributed by atoms with Crippen molar-refractivity contribution in [2.45, 2.75) is 51.6 Å². The molecule has 0 aromatic carbocycles. The summed E-state index contributed by atoms with van der Waals surface area (Å²) in [5, 5.41) is 8.22. The van der Waals surface area contributed by atoms with E-state index in [0.29, 0.717) is 0 Å². The van der Waals surface area contributed by atoms with Crippen molar-refractivity contribution >= 4 is 0 Å². The van der Waals surface area contributed by atoms with Crippen LogP contribution in [0.1, 0.15) is 45.4 Å². The number of hydrogen-bond donors (Lipinski definition) is 1. The predicted octanol–water partition coefficient (Wildman–Crippen LogP) is 1.99. The molecular weight excluding hydrogens is 226 g/mol. The zero-order valence-corrected chi connectivity index (χ0v) is 12.2. The predicted molar refractivity (Wildman–Crippen MR) is 72.6 cm³/mol. The lowest BCUT2D eigenvalue weighted by molar-refractivity contribution is 0.171. The first-order chi connectivity index (χ1) is 8.30. The Hall–Kier alpha value is -0.870. The molecule has 1 aromatic rings. The fourth-order valence-corrected chi connectivity index (χ4v) is 2.41. The number of hydrogen-bond acceptors (Lipinski definition) is 3. The molecule has 102 valence electrons. The van der Waals surface area contributed by atoms with E-state index in [1.54, 1.807) is 0 Å². The Morgan fingerprint density at radius 3 is 2.78 bits per heavy atom. The van der Waals surface area contributed by atoms with Gasteiger partial charge in [-0.15, -0.1) is 0 Å². The molecule has 1 fully saturated rings. The molecule has 1 saturated heterocycles. The molecule has 1 aliphatic rings. The molecule has 2 heterocycles. The Morgan fingerprint density at radius 1 is 1.50 bits per heavy atom. The van der Waals surface area contributed by atoms with Gasteiger partial charge in [0.15, 0.2) is 0 Å². The largest absolute Gasteiger partial charge is 0.379 e. The molecule has 1 unspecified atom stereocenters. The van der Waals surface area contributed by atoms with Crippen molar-refractivity contribution in [3.63, 3.8) is 0 Å². The molecule has 1 aliphatic heterocycles. The summed E-state index contributed by atoms with van der Waals surface area (Å²) in [6, 6.07) is 0. The van der Waals surface area contributed by atoms with Crippen LogP contribution in [0, 0.1) is 0 Å². The second-order valence-corrected chi connectivity index (χ2v) is 6.64. The lowest BCUT2D eigenvalue weighted by Gasteiger charge is -2.25. The summed E-state index contributed by atoms with van der Waals surface area (Å²) < 4.78 is 7.38. The van der Waals surface area contributed by atoms with Crippen molar-refractivity contribution in [1.29, 1.82) is 0 Å². The molecule has 2 rings (SSSR count). The quantitative estimate of drug-likeness (QED) is 0.893. The van der Waals surface area contributed by atoms with Crippen LogP contribution in [0.4, 0.5) is 0 Å². The third-order valence-electron chi connectivity index (χ3n) is 3.54. The van der Waals surface area contributed by atoms with Gasteiger partial charge in [-0.3, -0.25) is 4.68 Å². The van der Waals surface area contributed by atoms with Crippen LogP contribution < -0.4 is 5.32 Å². The fourth-order valence-electron chi connectivity index (χ4n) is 2.41. The van der Waals surface area contributed by atoms with Crippen molar-refractivity contribution < 1.29 is 4.74 Å². The van der Waals surface area contributed by atoms with Crippen LogP contribution in [0.15, 0.2) is 6.20 Å². The van der Waals surface area contributed by atoms with Crippen LogP contribution >= 0.6 is 0 Å². The number of ether oxygens (including phenoxy) is 1. The third kappa shape index (κ3) is 2.93. The Labute approximate surface area is 110 Å². The minimum atomic E-state index is 0.0886. The van der Waals surface area contributed by atoms with Gasteiger partial charge in [0.2, 0.25) is 0 Å². The molecule has 0 bridgehead atoms. The summed E-state index contributed by atoms with van der Waals surface area (Å²) in [6.45, 7) is 11.4. The highest BCUT2D eigenvalue weighted by Gasteiger charge is 2.30. The molecule has 0 amide bonds. The maximum atomic E-state index is 5.47. The van der Waals surface area contributed by atoms with Gasteiger partial charge < -0.3 is 10.1 Å². The summed E-state index contributed by atoms with van der Waals surface area (Å²) >= 11 is 0. The number of aromatic nitrogens is 2. The zero-order chi connectivity index (χ0) is 13.4. The summed E-state index contributed by atoms with van der Waals surface area (Å²) in [4.78, 5) is 0. The lowest BCUT2D eigenvalue weighted by Crippen LogP contribution is -2.42. The van der Waals surface area contributed by atoms with Crippen molar-refractivity contribution in [3.8, 4) is 0 Å². The zero-order valence-electron chi connectivity index (χ0n) is 12.2. The first-order valence-electron chi connectivity index (χ1n) is 6.66. The molecule has 1 atom stereocenters. The highest BCUT2D eigenvalue weighted by Crippen LogP contribution is 2.25. The van der Waals surface area contributed by atoms with Gasteiger partial charge in [-0.2, -0.15) is 5.10 Å². The van der Waals surface area contributed by atoms with Gasteiger partial charge in [0.05, 0.1) is 12.3 Å². The molecular formula is C14H25N3O. The Morgan fingerprint density at radius 2 is 2.22 bits per heavy atom. The molecule has 0 aliphatic carbocycles. The van der Waals surface area contributed by atoms with E-state index in [2.05, 4.69) is 44.3 Å². The van der Waals surface area contributed by atoms with Crippen molar-refractivity contribution in [3.05, 3.63) is 17.5 Å². The van der Waals surface area contributed by atoms with Gasteiger partial charge in [0.25, 0.3) is 0 Å². The maximum Gasteiger partial charge on any atom is 0.0722 e. The van der Waals surface area contributed by atoms with E-state index in [1.165, 1.54) is 11.3 Å². The average Bonchev–Trinajstić information content (AvgIpc) is 2.82. The summed E-state index contributed by atoms with van der Waals surface area (Å²) in [7, 11) is 1.99. The van der Waals surface area contributed by atoms with Crippen molar-refractivity contribution in [2.24, 2.45) is 7.05 Å². The highest BCUT2D eigenvalue weighted by atomic mass is 16.5. The highest BCUT2D eigenvalue weighted by molar-refractivity contribution is 5.24. The van der Waals surface area contributed by atoms with Gasteiger partial charge in [-0.05, 0) is 13.3 Å². The van der Waals surface area contributed by atoms with E-state index in [0.717, 1.165) is 26.2 Å². The van der Waals surface area contributed by atoms with Gasteiger partial charge in [0, 0.05) is 42.9 Å². The fraction of sp³-hybridized carbons (Fsp3) is 0.786. The molecule has 1 aromatic heterocycles. The average molecular weight is 251 g/mol. The molecule has 4 heteroatoms. The van der Waals surface area contributed by atoms with Gasteiger partial charge >= 0.3 is 0 Å². The second kappa shape index (κ2) is 4.67. The van der Waals surface area contributed by atoms with Crippen molar-refractivity contribution in [1.82, 2.24) is 15.1 Å². The first-order valence-corrected chi connectivity index (χ1v) is 6.66. The summed E-state index contributed by atoms with van der Waals surface area (Å²) in [5.74, 6) is 0. The topological polar surface area (TPSA) is 39.1 Å². The van der Waals surface area contributed by atoms with E-state index >= 15 is 0 Å². The molecule has 0 radical (unpaired) electrons.